The van der Waals surface area contributed by atoms with Gasteiger partial charge in [0.15, 0.2) is 5.65 Å². The van der Waals surface area contributed by atoms with Gasteiger partial charge in [-0.05, 0) is 68.0 Å². The minimum absolute atomic E-state index is 0.250. The van der Waals surface area contributed by atoms with Crippen LogP contribution in [-0.2, 0) is 9.84 Å². The van der Waals surface area contributed by atoms with Crippen LogP contribution in [0, 0.1) is 6.92 Å². The molecule has 0 radical (unpaired) electrons. The fraction of sp³-hybridized carbons (Fsp3) is 0.500. The predicted octanol–water partition coefficient (Wildman–Crippen LogP) is 4.59. The van der Waals surface area contributed by atoms with Gasteiger partial charge in [0.1, 0.15) is 16.2 Å². The first-order chi connectivity index (χ1) is 15.7. The van der Waals surface area contributed by atoms with E-state index in [2.05, 4.69) is 59.1 Å². The lowest BCUT2D eigenvalue weighted by atomic mass is 9.95. The summed E-state index contributed by atoms with van der Waals surface area (Å²) in [6.45, 7) is 9.16. The van der Waals surface area contributed by atoms with Gasteiger partial charge in [-0.1, -0.05) is 13.8 Å². The molecule has 176 valence electrons. The third-order valence-corrected chi connectivity index (χ3v) is 8.97. The van der Waals surface area contributed by atoms with E-state index in [0.29, 0.717) is 18.4 Å². The molecule has 0 spiro atoms. The number of piperidine rings is 1. The molecular weight excluding hydrogens is 454 g/mol. The van der Waals surface area contributed by atoms with E-state index in [1.54, 1.807) is 6.33 Å². The fourth-order valence-electron chi connectivity index (χ4n) is 4.96. The van der Waals surface area contributed by atoms with Crippen molar-refractivity contribution in [3.05, 3.63) is 40.7 Å². The van der Waals surface area contributed by atoms with Gasteiger partial charge < -0.3 is 9.88 Å². The Kier molecular flexibility index (Phi) is 5.83. The highest BCUT2D eigenvalue weighted by Gasteiger charge is 2.25. The van der Waals surface area contributed by atoms with E-state index in [1.165, 1.54) is 32.6 Å². The summed E-state index contributed by atoms with van der Waals surface area (Å²) in [5.41, 5.74) is 6.90. The second kappa shape index (κ2) is 8.52. The Morgan fingerprint density at radius 3 is 2.70 bits per heavy atom. The Morgan fingerprint density at radius 1 is 1.24 bits per heavy atom. The van der Waals surface area contributed by atoms with Crippen LogP contribution in [0.3, 0.4) is 0 Å². The van der Waals surface area contributed by atoms with Gasteiger partial charge in [-0.15, -0.1) is 11.3 Å². The van der Waals surface area contributed by atoms with Crippen molar-refractivity contribution in [1.29, 1.82) is 0 Å². The molecule has 7 nitrogen and oxygen atoms in total. The minimum Gasteiger partial charge on any atom is -0.354 e. The molecule has 0 bridgehead atoms. The van der Waals surface area contributed by atoms with E-state index in [0.717, 1.165) is 42.7 Å². The lowest BCUT2D eigenvalue weighted by Gasteiger charge is -2.31. The molecule has 33 heavy (non-hydrogen) atoms. The van der Waals surface area contributed by atoms with Crippen LogP contribution < -0.4 is 0 Å². The highest BCUT2D eigenvalue weighted by atomic mass is 32.2. The summed E-state index contributed by atoms with van der Waals surface area (Å²) in [7, 11) is -2.90. The van der Waals surface area contributed by atoms with Gasteiger partial charge >= 0.3 is 0 Å². The van der Waals surface area contributed by atoms with Crippen LogP contribution in [0.2, 0.25) is 0 Å². The Hall–Kier alpha value is -2.23. The molecule has 5 heterocycles. The summed E-state index contributed by atoms with van der Waals surface area (Å²) >= 11 is 1.92. The fourth-order valence-corrected chi connectivity index (χ4v) is 7.04. The molecule has 4 aromatic heterocycles. The van der Waals surface area contributed by atoms with E-state index in [-0.39, 0.29) is 5.75 Å². The van der Waals surface area contributed by atoms with Crippen LogP contribution in [0.15, 0.2) is 24.7 Å². The van der Waals surface area contributed by atoms with Gasteiger partial charge in [0.2, 0.25) is 0 Å². The summed E-state index contributed by atoms with van der Waals surface area (Å²) in [5, 5.41) is 4.35. The molecule has 0 saturated carbocycles. The van der Waals surface area contributed by atoms with Crippen molar-refractivity contribution in [1.82, 2.24) is 24.5 Å². The van der Waals surface area contributed by atoms with Crippen LogP contribution >= 0.6 is 11.3 Å². The highest BCUT2D eigenvalue weighted by Crippen LogP contribution is 2.43. The van der Waals surface area contributed by atoms with Gasteiger partial charge in [-0.3, -0.25) is 0 Å². The monoisotopic (exact) mass is 485 g/mol. The number of aromatic nitrogens is 4. The molecule has 1 N–H and O–H groups in total. The number of pyridine rings is 1. The molecule has 1 aliphatic heterocycles. The van der Waals surface area contributed by atoms with Gasteiger partial charge in [0.05, 0.1) is 21.7 Å². The maximum absolute atomic E-state index is 11.5. The number of sulfone groups is 1. The van der Waals surface area contributed by atoms with E-state index < -0.39 is 9.84 Å². The number of hydrogen-bond donors (Lipinski definition) is 1. The number of thiophene rings is 1. The molecule has 0 atom stereocenters. The Balaban J connectivity index is 1.41. The molecule has 0 unspecified atom stereocenters. The molecule has 0 aromatic carbocycles. The normalized spacial score (nSPS) is 16.5. The van der Waals surface area contributed by atoms with E-state index in [4.69, 9.17) is 0 Å². The lowest BCUT2D eigenvalue weighted by molar-refractivity contribution is 0.224. The molecule has 5 rings (SSSR count). The molecule has 0 amide bonds. The standard InChI is InChI=1S/C24H31N5O2S2/c1-15(2)21-22(18-11-16(3)24-25-14-26-29(24)13-18)27-19-12-20(32-23(19)21)17-5-7-28(8-6-17)9-10-33(4,30)31/h11-15,17,27H,5-10H2,1-4H3. The van der Waals surface area contributed by atoms with E-state index in [1.807, 2.05) is 15.9 Å². The number of aromatic amines is 1. The second-order valence-corrected chi connectivity index (χ2v) is 13.0. The largest absolute Gasteiger partial charge is 0.354 e. The second-order valence-electron chi connectivity index (χ2n) is 9.65. The van der Waals surface area contributed by atoms with Crippen molar-refractivity contribution in [2.75, 3.05) is 31.6 Å². The quantitative estimate of drug-likeness (QED) is 0.432. The molecule has 0 aliphatic carbocycles. The predicted molar refractivity (Wildman–Crippen MR) is 135 cm³/mol. The Morgan fingerprint density at radius 2 is 2.00 bits per heavy atom. The van der Waals surface area contributed by atoms with Gasteiger partial charge in [0, 0.05) is 29.4 Å². The van der Waals surface area contributed by atoms with Crippen molar-refractivity contribution in [2.24, 2.45) is 0 Å². The summed E-state index contributed by atoms with van der Waals surface area (Å²) in [5.74, 6) is 1.19. The first kappa shape index (κ1) is 22.6. The molecule has 9 heteroatoms. The third kappa shape index (κ3) is 4.46. The average Bonchev–Trinajstić information content (AvgIpc) is 3.45. The number of likely N-dealkylation sites (tertiary alicyclic amines) is 1. The SMILES string of the molecule is Cc1cc(-c2[nH]c3cc(C4CCN(CCS(C)(=O)=O)CC4)sc3c2C(C)C)cn2ncnc12. The molecule has 4 aromatic rings. The first-order valence-corrected chi connectivity index (χ1v) is 14.4. The smallest absolute Gasteiger partial charge is 0.158 e. The van der Waals surface area contributed by atoms with E-state index >= 15 is 0 Å². The van der Waals surface area contributed by atoms with Crippen LogP contribution in [0.5, 0.6) is 0 Å². The van der Waals surface area contributed by atoms with Crippen molar-refractivity contribution in [2.45, 2.75) is 45.4 Å². The van der Waals surface area contributed by atoms with Gasteiger partial charge in [-0.2, -0.15) is 5.10 Å². The van der Waals surface area contributed by atoms with Gasteiger partial charge in [-0.25, -0.2) is 17.9 Å². The molecule has 1 aliphatic rings. The van der Waals surface area contributed by atoms with Crippen molar-refractivity contribution >= 4 is 37.0 Å². The zero-order valence-corrected chi connectivity index (χ0v) is 21.3. The number of hydrogen-bond acceptors (Lipinski definition) is 6. The van der Waals surface area contributed by atoms with Crippen molar-refractivity contribution < 1.29 is 8.42 Å². The molecule has 1 saturated heterocycles. The topological polar surface area (TPSA) is 83.4 Å². The highest BCUT2D eigenvalue weighted by molar-refractivity contribution is 7.90. The lowest BCUT2D eigenvalue weighted by Crippen LogP contribution is -2.36. The third-order valence-electron chi connectivity index (χ3n) is 6.72. The maximum Gasteiger partial charge on any atom is 0.158 e. The van der Waals surface area contributed by atoms with Crippen molar-refractivity contribution in [3.8, 4) is 11.3 Å². The summed E-state index contributed by atoms with van der Waals surface area (Å²) in [4.78, 5) is 11.8. The van der Waals surface area contributed by atoms with Crippen molar-refractivity contribution in [3.63, 3.8) is 0 Å². The number of fused-ring (bicyclic) bond motifs is 2. The summed E-state index contributed by atoms with van der Waals surface area (Å²) in [6.07, 6.45) is 7.14. The zero-order valence-electron chi connectivity index (χ0n) is 19.6. The van der Waals surface area contributed by atoms with Crippen LogP contribution in [-0.4, -0.2) is 64.5 Å². The minimum atomic E-state index is -2.90. The van der Waals surface area contributed by atoms with Crippen LogP contribution in [0.1, 0.15) is 54.5 Å². The number of nitrogens with one attached hydrogen (secondary N) is 1. The van der Waals surface area contributed by atoms with E-state index in [9.17, 15) is 8.42 Å². The molecular formula is C24H31N5O2S2. The summed E-state index contributed by atoms with van der Waals surface area (Å²) in [6, 6.07) is 4.53. The number of H-pyrrole nitrogens is 1. The summed E-state index contributed by atoms with van der Waals surface area (Å²) < 4.78 is 26.2. The zero-order chi connectivity index (χ0) is 23.3. The Bertz CT molecular complexity index is 1410. The van der Waals surface area contributed by atoms with Crippen LogP contribution in [0.25, 0.3) is 27.1 Å². The first-order valence-electron chi connectivity index (χ1n) is 11.6. The number of rotatable bonds is 6. The van der Waals surface area contributed by atoms with Crippen LogP contribution in [0.4, 0.5) is 0 Å². The Labute approximate surface area is 198 Å². The van der Waals surface area contributed by atoms with Gasteiger partial charge in [0.25, 0.3) is 0 Å². The maximum atomic E-state index is 11.5. The average molecular weight is 486 g/mol. The number of nitrogens with zero attached hydrogens (tertiary/aromatic N) is 4. The number of aryl methyl sites for hydroxylation is 1. The molecule has 1 fully saturated rings.